The van der Waals surface area contributed by atoms with Gasteiger partial charge in [0.2, 0.25) is 0 Å². The summed E-state index contributed by atoms with van der Waals surface area (Å²) in [6.45, 7) is 3.68. The Bertz CT molecular complexity index is 370. The molecule has 0 bridgehead atoms. The van der Waals surface area contributed by atoms with E-state index in [9.17, 15) is 0 Å². The minimum Gasteiger partial charge on any atom is -0.316 e. The van der Waals surface area contributed by atoms with Crippen LogP contribution in [-0.2, 0) is 0 Å². The molecule has 2 nitrogen and oxygen atoms in total. The van der Waals surface area contributed by atoms with Gasteiger partial charge >= 0.3 is 0 Å². The van der Waals surface area contributed by atoms with Crippen LogP contribution < -0.4 is 10.6 Å². The van der Waals surface area contributed by atoms with E-state index < -0.39 is 0 Å². The van der Waals surface area contributed by atoms with Gasteiger partial charge in [0.05, 0.1) is 0 Å². The minimum atomic E-state index is 0.742. The quantitative estimate of drug-likeness (QED) is 0.767. The topological polar surface area (TPSA) is 24.1 Å². The van der Waals surface area contributed by atoms with E-state index in [1.807, 2.05) is 0 Å². The Morgan fingerprint density at radius 3 is 2.89 bits per heavy atom. The third-order valence-corrected chi connectivity index (χ3v) is 4.61. The van der Waals surface area contributed by atoms with Crippen molar-refractivity contribution in [3.05, 3.63) is 35.9 Å². The van der Waals surface area contributed by atoms with Crippen LogP contribution in [0.2, 0.25) is 0 Å². The van der Waals surface area contributed by atoms with Gasteiger partial charge in [0.15, 0.2) is 0 Å². The van der Waals surface area contributed by atoms with E-state index in [-0.39, 0.29) is 0 Å². The van der Waals surface area contributed by atoms with Crippen LogP contribution in [0.4, 0.5) is 0 Å². The Kier molecular flexibility index (Phi) is 4.52. The summed E-state index contributed by atoms with van der Waals surface area (Å²) in [6.07, 6.45) is 6.86. The largest absolute Gasteiger partial charge is 0.316 e. The van der Waals surface area contributed by atoms with E-state index in [2.05, 4.69) is 41.0 Å². The lowest BCUT2D eigenvalue weighted by atomic mass is 9.95. The van der Waals surface area contributed by atoms with Gasteiger partial charge in [-0.3, -0.25) is 0 Å². The molecule has 1 aromatic rings. The predicted octanol–water partition coefficient (Wildman–Crippen LogP) is 2.91. The number of hydrogen-bond acceptors (Lipinski definition) is 2. The first-order valence-corrected chi connectivity index (χ1v) is 7.92. The van der Waals surface area contributed by atoms with Gasteiger partial charge in [0.25, 0.3) is 0 Å². The zero-order valence-electron chi connectivity index (χ0n) is 11.8. The van der Waals surface area contributed by atoms with E-state index in [1.165, 1.54) is 57.3 Å². The van der Waals surface area contributed by atoms with E-state index in [4.69, 9.17) is 0 Å². The van der Waals surface area contributed by atoms with Crippen LogP contribution in [0.1, 0.15) is 43.6 Å². The molecule has 1 heterocycles. The maximum absolute atomic E-state index is 3.72. The van der Waals surface area contributed by atoms with Crippen molar-refractivity contribution >= 4 is 0 Å². The molecule has 1 aliphatic carbocycles. The molecule has 2 aliphatic rings. The fourth-order valence-electron chi connectivity index (χ4n) is 3.34. The number of rotatable bonds is 6. The second-order valence-corrected chi connectivity index (χ2v) is 6.17. The minimum absolute atomic E-state index is 0.742. The Morgan fingerprint density at radius 2 is 2.11 bits per heavy atom. The van der Waals surface area contributed by atoms with Gasteiger partial charge in [0.1, 0.15) is 0 Å². The zero-order valence-corrected chi connectivity index (χ0v) is 11.8. The van der Waals surface area contributed by atoms with E-state index >= 15 is 0 Å². The van der Waals surface area contributed by atoms with Gasteiger partial charge in [0, 0.05) is 12.0 Å². The molecule has 1 saturated heterocycles. The zero-order chi connectivity index (χ0) is 12.9. The molecule has 2 N–H and O–H groups in total. The first kappa shape index (κ1) is 13.1. The van der Waals surface area contributed by atoms with Crippen molar-refractivity contribution < 1.29 is 0 Å². The van der Waals surface area contributed by atoms with E-state index in [0.29, 0.717) is 0 Å². The van der Waals surface area contributed by atoms with Gasteiger partial charge in [-0.2, -0.15) is 0 Å². The Labute approximate surface area is 117 Å². The highest BCUT2D eigenvalue weighted by Crippen LogP contribution is 2.40. The Morgan fingerprint density at radius 1 is 1.21 bits per heavy atom. The third kappa shape index (κ3) is 3.80. The maximum Gasteiger partial charge on any atom is 0.0143 e. The summed E-state index contributed by atoms with van der Waals surface area (Å²) in [5.41, 5.74) is 1.51. The lowest BCUT2D eigenvalue weighted by Gasteiger charge is -2.22. The molecule has 1 saturated carbocycles. The third-order valence-electron chi connectivity index (χ3n) is 4.61. The van der Waals surface area contributed by atoms with Crippen LogP contribution in [-0.4, -0.2) is 25.7 Å². The normalized spacial score (nSPS) is 30.2. The monoisotopic (exact) mass is 258 g/mol. The van der Waals surface area contributed by atoms with Crippen LogP contribution in [0.5, 0.6) is 0 Å². The van der Waals surface area contributed by atoms with Gasteiger partial charge in [-0.05, 0) is 63.2 Å². The molecule has 19 heavy (non-hydrogen) atoms. The van der Waals surface area contributed by atoms with E-state index in [1.54, 1.807) is 0 Å². The van der Waals surface area contributed by atoms with Crippen LogP contribution in [0.15, 0.2) is 30.3 Å². The second kappa shape index (κ2) is 6.53. The van der Waals surface area contributed by atoms with Crippen LogP contribution >= 0.6 is 0 Å². The van der Waals surface area contributed by atoms with Crippen molar-refractivity contribution in [1.82, 2.24) is 10.6 Å². The Balaban J connectivity index is 1.30. The molecular formula is C17H26N2. The van der Waals surface area contributed by atoms with E-state index in [0.717, 1.165) is 17.9 Å². The summed E-state index contributed by atoms with van der Waals surface area (Å²) in [4.78, 5) is 0. The highest BCUT2D eigenvalue weighted by Gasteiger charge is 2.37. The van der Waals surface area contributed by atoms with Crippen molar-refractivity contribution in [1.29, 1.82) is 0 Å². The molecule has 1 aliphatic heterocycles. The van der Waals surface area contributed by atoms with Crippen LogP contribution in [0.3, 0.4) is 0 Å². The number of nitrogens with one attached hydrogen (secondary N) is 2. The van der Waals surface area contributed by atoms with Crippen molar-refractivity contribution in [2.24, 2.45) is 5.92 Å². The molecule has 3 unspecified atom stereocenters. The molecule has 0 aromatic heterocycles. The highest BCUT2D eigenvalue weighted by molar-refractivity contribution is 5.27. The second-order valence-electron chi connectivity index (χ2n) is 6.17. The number of hydrogen-bond donors (Lipinski definition) is 2. The first-order chi connectivity index (χ1) is 9.43. The smallest absolute Gasteiger partial charge is 0.0143 e. The lowest BCUT2D eigenvalue weighted by molar-refractivity contribution is 0.348. The summed E-state index contributed by atoms with van der Waals surface area (Å²) >= 11 is 0. The number of benzene rings is 1. The molecule has 2 heteroatoms. The van der Waals surface area contributed by atoms with Gasteiger partial charge < -0.3 is 10.6 Å². The summed E-state index contributed by atoms with van der Waals surface area (Å²) < 4.78 is 0. The predicted molar refractivity (Wildman–Crippen MR) is 80.4 cm³/mol. The molecule has 0 radical (unpaired) electrons. The molecule has 104 valence electrons. The van der Waals surface area contributed by atoms with Crippen molar-refractivity contribution in [2.45, 2.75) is 44.1 Å². The maximum atomic E-state index is 3.72. The molecule has 3 atom stereocenters. The van der Waals surface area contributed by atoms with Crippen molar-refractivity contribution in [3.63, 3.8) is 0 Å². The first-order valence-electron chi connectivity index (χ1n) is 7.92. The van der Waals surface area contributed by atoms with Gasteiger partial charge in [-0.15, -0.1) is 0 Å². The summed E-state index contributed by atoms with van der Waals surface area (Å²) in [6, 6.07) is 11.7. The molecule has 0 amide bonds. The van der Waals surface area contributed by atoms with Gasteiger partial charge in [-0.25, -0.2) is 0 Å². The van der Waals surface area contributed by atoms with Crippen molar-refractivity contribution in [2.75, 3.05) is 19.6 Å². The highest BCUT2D eigenvalue weighted by atomic mass is 15.0. The fourth-order valence-corrected chi connectivity index (χ4v) is 3.34. The standard InChI is InChI=1S/C17H26N2/c1-2-8-15(9-3-1)16-12-17(16)19-11-5-7-14-6-4-10-18-13-14/h1-3,8-9,14,16-19H,4-7,10-13H2. The summed E-state index contributed by atoms with van der Waals surface area (Å²) in [7, 11) is 0. The molecule has 0 spiro atoms. The molecule has 1 aromatic carbocycles. The lowest BCUT2D eigenvalue weighted by Crippen LogP contribution is -2.30. The fraction of sp³-hybridized carbons (Fsp3) is 0.647. The van der Waals surface area contributed by atoms with Gasteiger partial charge in [-0.1, -0.05) is 30.3 Å². The average Bonchev–Trinajstić information content (AvgIpc) is 3.25. The van der Waals surface area contributed by atoms with Crippen LogP contribution in [0, 0.1) is 5.92 Å². The molecule has 2 fully saturated rings. The average molecular weight is 258 g/mol. The summed E-state index contributed by atoms with van der Waals surface area (Å²) in [5.74, 6) is 1.71. The molecule has 3 rings (SSSR count). The summed E-state index contributed by atoms with van der Waals surface area (Å²) in [5, 5.41) is 7.23. The van der Waals surface area contributed by atoms with Crippen LogP contribution in [0.25, 0.3) is 0 Å². The molecular weight excluding hydrogens is 232 g/mol. The van der Waals surface area contributed by atoms with Crippen molar-refractivity contribution in [3.8, 4) is 0 Å². The SMILES string of the molecule is c1ccc(C2CC2NCCCC2CCCNC2)cc1. The Hall–Kier alpha value is -0.860. The number of piperidine rings is 1.